The second-order valence-electron chi connectivity index (χ2n) is 12.1. The summed E-state index contributed by atoms with van der Waals surface area (Å²) in [7, 11) is -8.43. The van der Waals surface area contributed by atoms with E-state index < -0.39 is 48.4 Å². The van der Waals surface area contributed by atoms with Gasteiger partial charge in [0.05, 0.1) is 26.4 Å². The molecule has 0 radical (unpaired) electrons. The Morgan fingerprint density at radius 2 is 1.30 bits per heavy atom. The number of primary sulfonamides is 1. The van der Waals surface area contributed by atoms with E-state index in [2.05, 4.69) is 25.3 Å². The van der Waals surface area contributed by atoms with Crippen LogP contribution in [0.4, 0.5) is 38.1 Å². The van der Waals surface area contributed by atoms with Crippen molar-refractivity contribution in [2.45, 2.75) is 54.2 Å². The van der Waals surface area contributed by atoms with Crippen LogP contribution in [0.3, 0.4) is 0 Å². The highest BCUT2D eigenvalue weighted by molar-refractivity contribution is 7.89. The number of alkyl halides is 6. The predicted molar refractivity (Wildman–Crippen MR) is 175 cm³/mol. The molecular formula is C32H34F6N6O4S2. The second-order valence-corrected chi connectivity index (χ2v) is 15.5. The highest BCUT2D eigenvalue weighted by atomic mass is 32.2. The van der Waals surface area contributed by atoms with Gasteiger partial charge >= 0.3 is 12.4 Å². The maximum atomic E-state index is 13.2. The predicted octanol–water partition coefficient (Wildman–Crippen LogP) is 6.17. The summed E-state index contributed by atoms with van der Waals surface area (Å²) in [6.07, 6.45) is -7.16. The van der Waals surface area contributed by atoms with Gasteiger partial charge in [0.2, 0.25) is 26.0 Å². The van der Waals surface area contributed by atoms with Crippen LogP contribution in [0.2, 0.25) is 0 Å². The molecule has 0 saturated heterocycles. The number of hydrogen-bond acceptors (Lipinski definition) is 8. The van der Waals surface area contributed by atoms with Gasteiger partial charge < -0.3 is 10.6 Å². The number of rotatable bonds is 12. The molecule has 18 heteroatoms. The van der Waals surface area contributed by atoms with Gasteiger partial charge in [-0.15, -0.1) is 0 Å². The first-order valence-electron chi connectivity index (χ1n) is 15.5. The lowest BCUT2D eigenvalue weighted by Gasteiger charge is -2.28. The molecule has 0 bridgehead atoms. The fraction of sp³-hybridized carbons (Fsp3) is 0.375. The number of aromatic nitrogens is 2. The molecule has 0 aliphatic heterocycles. The highest BCUT2D eigenvalue weighted by Gasteiger charge is 2.38. The van der Waals surface area contributed by atoms with Crippen molar-refractivity contribution in [3.8, 4) is 0 Å². The van der Waals surface area contributed by atoms with E-state index in [0.717, 1.165) is 10.9 Å². The van der Waals surface area contributed by atoms with Gasteiger partial charge in [-0.05, 0) is 92.0 Å². The summed E-state index contributed by atoms with van der Waals surface area (Å²) in [5.74, 6) is 1.04. The molecule has 0 amide bonds. The monoisotopic (exact) mass is 744 g/mol. The zero-order valence-electron chi connectivity index (χ0n) is 26.4. The molecule has 3 aromatic carbocycles. The average Bonchev–Trinajstić information content (AvgIpc) is 3.06. The summed E-state index contributed by atoms with van der Waals surface area (Å²) in [4.78, 5) is 8.21. The standard InChI is InChI=1S/C32H34F6N6O4S2/c33-31(34,35)23-15-24(32(36,37)38)17-26(16-23)50(47,48)42-19-22-7-5-21(6-8-22)18-41-30-43-28-4-2-1-3-27(28)29(44-30)40-14-13-20-9-11-25(12-10-20)49(39,45)46/h1-4,9-12,15-17,21-22,42H,5-8,13-14,18-19H2,(H2,39,45,46)(H2,40,41,43,44). The van der Waals surface area contributed by atoms with Crippen molar-refractivity contribution in [3.63, 3.8) is 0 Å². The first-order valence-corrected chi connectivity index (χ1v) is 18.6. The lowest BCUT2D eigenvalue weighted by atomic mass is 9.82. The Morgan fingerprint density at radius 1 is 0.720 bits per heavy atom. The lowest BCUT2D eigenvalue weighted by molar-refractivity contribution is -0.143. The van der Waals surface area contributed by atoms with Crippen LogP contribution in [-0.4, -0.2) is 46.4 Å². The van der Waals surface area contributed by atoms with Crippen LogP contribution < -0.4 is 20.5 Å². The molecule has 1 heterocycles. The Bertz CT molecular complexity index is 2000. The number of nitrogens with zero attached hydrogens (tertiary/aromatic N) is 2. The quantitative estimate of drug-likeness (QED) is 0.126. The van der Waals surface area contributed by atoms with Crippen LogP contribution in [0, 0.1) is 11.8 Å². The third-order valence-corrected chi connectivity index (χ3v) is 10.8. The summed E-state index contributed by atoms with van der Waals surface area (Å²) >= 11 is 0. The SMILES string of the molecule is NS(=O)(=O)c1ccc(CCNc2nc(NCC3CCC(CNS(=O)(=O)c4cc(C(F)(F)F)cc(C(F)(F)F)c4)CC3)nc3ccccc23)cc1. The van der Waals surface area contributed by atoms with Gasteiger partial charge in [-0.1, -0.05) is 24.3 Å². The van der Waals surface area contributed by atoms with Crippen molar-refractivity contribution in [3.05, 3.63) is 83.4 Å². The number of benzene rings is 3. The molecule has 0 spiro atoms. The van der Waals surface area contributed by atoms with E-state index in [-0.39, 0.29) is 41.5 Å². The molecule has 50 heavy (non-hydrogen) atoms. The van der Waals surface area contributed by atoms with Crippen LogP contribution in [0.25, 0.3) is 10.9 Å². The van der Waals surface area contributed by atoms with E-state index in [0.29, 0.717) is 62.5 Å². The van der Waals surface area contributed by atoms with Crippen molar-refractivity contribution in [2.75, 3.05) is 30.3 Å². The van der Waals surface area contributed by atoms with Crippen molar-refractivity contribution in [1.82, 2.24) is 14.7 Å². The largest absolute Gasteiger partial charge is 0.416 e. The third kappa shape index (κ3) is 9.61. The molecule has 5 N–H and O–H groups in total. The lowest BCUT2D eigenvalue weighted by Crippen LogP contribution is -2.32. The van der Waals surface area contributed by atoms with Crippen LogP contribution in [0.5, 0.6) is 0 Å². The Labute approximate surface area is 285 Å². The van der Waals surface area contributed by atoms with E-state index in [1.165, 1.54) is 12.1 Å². The summed E-state index contributed by atoms with van der Waals surface area (Å²) in [5.41, 5.74) is -1.79. The molecule has 0 atom stereocenters. The fourth-order valence-corrected chi connectivity index (χ4v) is 7.43. The normalized spacial score (nSPS) is 17.5. The number of fused-ring (bicyclic) bond motifs is 1. The number of anilines is 2. The van der Waals surface area contributed by atoms with Crippen LogP contribution >= 0.6 is 0 Å². The fourth-order valence-electron chi connectivity index (χ4n) is 5.73. The van der Waals surface area contributed by atoms with Crippen LogP contribution in [-0.2, 0) is 38.8 Å². The first kappa shape index (κ1) is 37.3. The van der Waals surface area contributed by atoms with Crippen LogP contribution in [0.1, 0.15) is 42.4 Å². The third-order valence-electron chi connectivity index (χ3n) is 8.51. The highest BCUT2D eigenvalue weighted by Crippen LogP contribution is 2.37. The molecule has 0 unspecified atom stereocenters. The number of para-hydroxylation sites is 1. The van der Waals surface area contributed by atoms with Gasteiger partial charge in [-0.2, -0.15) is 31.3 Å². The Hall–Kier alpha value is -4.00. The molecule has 1 aliphatic carbocycles. The zero-order valence-corrected chi connectivity index (χ0v) is 28.0. The summed E-state index contributed by atoms with van der Waals surface area (Å²) in [6, 6.07) is 14.1. The smallest absolute Gasteiger partial charge is 0.369 e. The Morgan fingerprint density at radius 3 is 1.88 bits per heavy atom. The maximum Gasteiger partial charge on any atom is 0.416 e. The van der Waals surface area contributed by atoms with Crippen molar-refractivity contribution in [1.29, 1.82) is 0 Å². The molecule has 1 aromatic heterocycles. The Balaban J connectivity index is 1.15. The summed E-state index contributed by atoms with van der Waals surface area (Å²) in [5, 5.41) is 12.6. The zero-order chi connectivity index (χ0) is 36.3. The minimum atomic E-state index is -5.16. The first-order chi connectivity index (χ1) is 23.4. The number of nitrogens with two attached hydrogens (primary N) is 1. The minimum Gasteiger partial charge on any atom is -0.369 e. The van der Waals surface area contributed by atoms with Crippen molar-refractivity contribution >= 4 is 42.7 Å². The van der Waals surface area contributed by atoms with Crippen LogP contribution in [0.15, 0.2) is 76.5 Å². The van der Waals surface area contributed by atoms with E-state index in [1.807, 2.05) is 24.3 Å². The van der Waals surface area contributed by atoms with Gasteiger partial charge in [0, 0.05) is 25.0 Å². The van der Waals surface area contributed by atoms with Gasteiger partial charge in [0.1, 0.15) is 5.82 Å². The molecule has 5 rings (SSSR count). The average molecular weight is 745 g/mol. The molecule has 1 aliphatic rings. The van der Waals surface area contributed by atoms with E-state index in [9.17, 15) is 43.2 Å². The molecule has 4 aromatic rings. The molecule has 270 valence electrons. The van der Waals surface area contributed by atoms with Gasteiger partial charge in [-0.25, -0.2) is 31.7 Å². The summed E-state index contributed by atoms with van der Waals surface area (Å²) < 4.78 is 130. The Kier molecular flexibility index (Phi) is 10.9. The topological polar surface area (TPSA) is 156 Å². The molecule has 1 fully saturated rings. The van der Waals surface area contributed by atoms with Crippen molar-refractivity contribution in [2.24, 2.45) is 17.0 Å². The van der Waals surface area contributed by atoms with Gasteiger partial charge in [-0.3, -0.25) is 0 Å². The van der Waals surface area contributed by atoms with E-state index >= 15 is 0 Å². The van der Waals surface area contributed by atoms with Gasteiger partial charge in [0.25, 0.3) is 0 Å². The summed E-state index contributed by atoms with van der Waals surface area (Å²) in [6.45, 7) is 0.899. The minimum absolute atomic E-state index is 0.0322. The van der Waals surface area contributed by atoms with Gasteiger partial charge in [0.15, 0.2) is 0 Å². The maximum absolute atomic E-state index is 13.2. The number of hydrogen-bond donors (Lipinski definition) is 4. The van der Waals surface area contributed by atoms with Crippen molar-refractivity contribution < 1.29 is 43.2 Å². The number of sulfonamides is 2. The molecule has 10 nitrogen and oxygen atoms in total. The van der Waals surface area contributed by atoms with E-state index in [4.69, 9.17) is 5.14 Å². The molecular weight excluding hydrogens is 711 g/mol. The molecule has 1 saturated carbocycles. The second kappa shape index (κ2) is 14.7. The number of halogens is 6. The number of nitrogens with one attached hydrogen (secondary N) is 3. The van der Waals surface area contributed by atoms with E-state index in [1.54, 1.807) is 12.1 Å².